The van der Waals surface area contributed by atoms with Crippen molar-refractivity contribution in [2.75, 3.05) is 0 Å². The zero-order chi connectivity index (χ0) is 19.5. The van der Waals surface area contributed by atoms with Crippen molar-refractivity contribution >= 4 is 5.97 Å². The standard InChI is InChI=1S/C23H38O2/c1-10-22(6,7)16-19(23(8,9)11-2)17-13-12-14-18(15-17)20(24)25-21(3,4)5/h12-15,19H,10-11,16H2,1-9H3. The fraction of sp³-hybridized carbons (Fsp3) is 0.696. The lowest BCUT2D eigenvalue weighted by atomic mass is 9.66. The summed E-state index contributed by atoms with van der Waals surface area (Å²) in [4.78, 5) is 12.5. The van der Waals surface area contributed by atoms with Gasteiger partial charge >= 0.3 is 5.97 Å². The summed E-state index contributed by atoms with van der Waals surface area (Å²) in [6.45, 7) is 19.6. The molecule has 2 nitrogen and oxygen atoms in total. The maximum Gasteiger partial charge on any atom is 0.338 e. The van der Waals surface area contributed by atoms with Crippen LogP contribution in [0.2, 0.25) is 0 Å². The van der Waals surface area contributed by atoms with Gasteiger partial charge in [0.2, 0.25) is 0 Å². The van der Waals surface area contributed by atoms with E-state index in [0.717, 1.165) is 19.3 Å². The molecule has 142 valence electrons. The molecule has 0 spiro atoms. The van der Waals surface area contributed by atoms with Crippen LogP contribution >= 0.6 is 0 Å². The third-order valence-corrected chi connectivity index (χ3v) is 5.49. The number of hydrogen-bond donors (Lipinski definition) is 0. The topological polar surface area (TPSA) is 26.3 Å². The number of esters is 1. The summed E-state index contributed by atoms with van der Waals surface area (Å²) < 4.78 is 5.55. The van der Waals surface area contributed by atoms with Crippen molar-refractivity contribution in [1.29, 1.82) is 0 Å². The minimum Gasteiger partial charge on any atom is -0.456 e. The quantitative estimate of drug-likeness (QED) is 0.497. The molecule has 1 rings (SSSR count). The van der Waals surface area contributed by atoms with E-state index >= 15 is 0 Å². The van der Waals surface area contributed by atoms with Gasteiger partial charge in [0.05, 0.1) is 5.56 Å². The Morgan fingerprint density at radius 3 is 2.08 bits per heavy atom. The van der Waals surface area contributed by atoms with E-state index in [9.17, 15) is 4.79 Å². The average Bonchev–Trinajstić information content (AvgIpc) is 2.51. The molecule has 0 radical (unpaired) electrons. The molecule has 1 unspecified atom stereocenters. The molecule has 0 N–H and O–H groups in total. The van der Waals surface area contributed by atoms with Crippen LogP contribution in [0, 0.1) is 10.8 Å². The van der Waals surface area contributed by atoms with Gasteiger partial charge in [-0.1, -0.05) is 66.5 Å². The van der Waals surface area contributed by atoms with E-state index in [4.69, 9.17) is 4.74 Å². The molecule has 0 aliphatic rings. The summed E-state index contributed by atoms with van der Waals surface area (Å²) in [5.41, 5.74) is 1.88. The molecule has 1 atom stereocenters. The Kier molecular flexibility index (Phi) is 6.89. The maximum absolute atomic E-state index is 12.5. The van der Waals surface area contributed by atoms with Crippen LogP contribution in [0.4, 0.5) is 0 Å². The monoisotopic (exact) mass is 346 g/mol. The van der Waals surface area contributed by atoms with Crippen LogP contribution in [0.5, 0.6) is 0 Å². The predicted molar refractivity (Wildman–Crippen MR) is 107 cm³/mol. The van der Waals surface area contributed by atoms with Gasteiger partial charge in [-0.25, -0.2) is 4.79 Å². The van der Waals surface area contributed by atoms with Gasteiger partial charge in [-0.05, 0) is 61.6 Å². The molecule has 25 heavy (non-hydrogen) atoms. The van der Waals surface area contributed by atoms with Crippen molar-refractivity contribution in [2.24, 2.45) is 10.8 Å². The molecular weight excluding hydrogens is 308 g/mol. The summed E-state index contributed by atoms with van der Waals surface area (Å²) >= 11 is 0. The van der Waals surface area contributed by atoms with E-state index < -0.39 is 5.60 Å². The Morgan fingerprint density at radius 1 is 1.00 bits per heavy atom. The summed E-state index contributed by atoms with van der Waals surface area (Å²) in [6.07, 6.45) is 3.37. The third kappa shape index (κ3) is 6.49. The Labute approximate surface area is 155 Å². The van der Waals surface area contributed by atoms with Crippen molar-refractivity contribution in [3.63, 3.8) is 0 Å². The molecule has 0 amide bonds. The van der Waals surface area contributed by atoms with Gasteiger partial charge in [-0.3, -0.25) is 0 Å². The van der Waals surface area contributed by atoms with E-state index in [-0.39, 0.29) is 16.8 Å². The van der Waals surface area contributed by atoms with Crippen molar-refractivity contribution in [3.05, 3.63) is 35.4 Å². The lowest BCUT2D eigenvalue weighted by molar-refractivity contribution is 0.00692. The summed E-state index contributed by atoms with van der Waals surface area (Å²) in [5, 5.41) is 0. The summed E-state index contributed by atoms with van der Waals surface area (Å²) in [5.74, 6) is 0.173. The van der Waals surface area contributed by atoms with Gasteiger partial charge in [-0.15, -0.1) is 0 Å². The lowest BCUT2D eigenvalue weighted by Gasteiger charge is -2.39. The molecule has 0 aliphatic heterocycles. The van der Waals surface area contributed by atoms with Crippen LogP contribution in [-0.2, 0) is 4.74 Å². The van der Waals surface area contributed by atoms with Crippen LogP contribution < -0.4 is 0 Å². The largest absolute Gasteiger partial charge is 0.456 e. The Morgan fingerprint density at radius 2 is 1.60 bits per heavy atom. The van der Waals surface area contributed by atoms with E-state index in [0.29, 0.717) is 11.5 Å². The number of ether oxygens (including phenoxy) is 1. The van der Waals surface area contributed by atoms with E-state index in [1.807, 2.05) is 39.0 Å². The highest BCUT2D eigenvalue weighted by molar-refractivity contribution is 5.89. The highest BCUT2D eigenvalue weighted by atomic mass is 16.6. The Hall–Kier alpha value is -1.31. The first-order chi connectivity index (χ1) is 11.3. The van der Waals surface area contributed by atoms with Gasteiger partial charge in [0.25, 0.3) is 0 Å². The second kappa shape index (κ2) is 7.93. The Balaban J connectivity index is 3.23. The first-order valence-electron chi connectivity index (χ1n) is 9.64. The van der Waals surface area contributed by atoms with Gasteiger partial charge in [0.15, 0.2) is 0 Å². The molecule has 2 heteroatoms. The molecular formula is C23H38O2. The van der Waals surface area contributed by atoms with Gasteiger partial charge < -0.3 is 4.74 Å². The van der Waals surface area contributed by atoms with Crippen molar-refractivity contribution < 1.29 is 9.53 Å². The second-order valence-electron chi connectivity index (χ2n) is 9.74. The zero-order valence-electron chi connectivity index (χ0n) is 17.8. The zero-order valence-corrected chi connectivity index (χ0v) is 17.8. The van der Waals surface area contributed by atoms with Crippen LogP contribution in [0.25, 0.3) is 0 Å². The molecule has 0 saturated heterocycles. The molecule has 0 saturated carbocycles. The number of carbonyl (C=O) groups excluding carboxylic acids is 1. The lowest BCUT2D eigenvalue weighted by Crippen LogP contribution is -2.27. The molecule has 0 heterocycles. The predicted octanol–water partition coefficient (Wildman–Crippen LogP) is 6.99. The molecule has 0 fully saturated rings. The van der Waals surface area contributed by atoms with E-state index in [1.54, 1.807) is 0 Å². The molecule has 1 aromatic carbocycles. The first kappa shape index (κ1) is 21.7. The fourth-order valence-electron chi connectivity index (χ4n) is 3.01. The van der Waals surface area contributed by atoms with Crippen LogP contribution in [0.15, 0.2) is 24.3 Å². The molecule has 0 bridgehead atoms. The number of benzene rings is 1. The fourth-order valence-corrected chi connectivity index (χ4v) is 3.01. The first-order valence-corrected chi connectivity index (χ1v) is 9.64. The van der Waals surface area contributed by atoms with Gasteiger partial charge in [-0.2, -0.15) is 0 Å². The van der Waals surface area contributed by atoms with Crippen LogP contribution in [0.3, 0.4) is 0 Å². The molecule has 0 aliphatic carbocycles. The van der Waals surface area contributed by atoms with Gasteiger partial charge in [0, 0.05) is 0 Å². The highest BCUT2D eigenvalue weighted by Gasteiger charge is 2.34. The smallest absolute Gasteiger partial charge is 0.338 e. The van der Waals surface area contributed by atoms with Crippen LogP contribution in [0.1, 0.15) is 103 Å². The minimum atomic E-state index is -0.473. The number of rotatable bonds is 7. The number of carbonyl (C=O) groups is 1. The normalized spacial score (nSPS) is 14.3. The number of hydrogen-bond acceptors (Lipinski definition) is 2. The Bertz CT molecular complexity index is 576. The average molecular weight is 347 g/mol. The van der Waals surface area contributed by atoms with E-state index in [1.165, 1.54) is 5.56 Å². The van der Waals surface area contributed by atoms with Crippen molar-refractivity contribution in [1.82, 2.24) is 0 Å². The van der Waals surface area contributed by atoms with Crippen molar-refractivity contribution in [3.8, 4) is 0 Å². The van der Waals surface area contributed by atoms with Gasteiger partial charge in [0.1, 0.15) is 5.60 Å². The van der Waals surface area contributed by atoms with Crippen LogP contribution in [-0.4, -0.2) is 11.6 Å². The van der Waals surface area contributed by atoms with E-state index in [2.05, 4.69) is 47.6 Å². The SMILES string of the molecule is CCC(C)(C)CC(c1cccc(C(=O)OC(C)(C)C)c1)C(C)(C)CC. The second-order valence-corrected chi connectivity index (χ2v) is 9.74. The molecule has 1 aromatic rings. The maximum atomic E-state index is 12.5. The minimum absolute atomic E-state index is 0.180. The molecule has 0 aromatic heterocycles. The third-order valence-electron chi connectivity index (χ3n) is 5.49. The summed E-state index contributed by atoms with van der Waals surface area (Å²) in [7, 11) is 0. The summed E-state index contributed by atoms with van der Waals surface area (Å²) in [6, 6.07) is 8.06. The highest BCUT2D eigenvalue weighted by Crippen LogP contribution is 2.46. The van der Waals surface area contributed by atoms with Crippen molar-refractivity contribution in [2.45, 2.75) is 93.1 Å².